The summed E-state index contributed by atoms with van der Waals surface area (Å²) >= 11 is 5.84. The summed E-state index contributed by atoms with van der Waals surface area (Å²) < 4.78 is 5.07. The number of aromatic nitrogens is 1. The third-order valence-electron chi connectivity index (χ3n) is 4.86. The van der Waals surface area contributed by atoms with Crippen molar-refractivity contribution in [3.05, 3.63) is 51.8 Å². The van der Waals surface area contributed by atoms with Gasteiger partial charge in [0.25, 0.3) is 5.91 Å². The van der Waals surface area contributed by atoms with Gasteiger partial charge >= 0.3 is 5.97 Å². The Kier molecular flexibility index (Phi) is 7.59. The Morgan fingerprint density at radius 1 is 1.21 bits per heavy atom. The van der Waals surface area contributed by atoms with Crippen LogP contribution in [0.4, 0.5) is 5.69 Å². The van der Waals surface area contributed by atoms with Crippen molar-refractivity contribution in [2.24, 2.45) is 0 Å². The third-order valence-corrected chi connectivity index (χ3v) is 5.12. The second-order valence-corrected chi connectivity index (χ2v) is 7.45. The third kappa shape index (κ3) is 5.46. The second-order valence-electron chi connectivity index (χ2n) is 7.01. The molecule has 1 unspecified atom stereocenters. The van der Waals surface area contributed by atoms with Gasteiger partial charge in [-0.05, 0) is 57.5 Å². The van der Waals surface area contributed by atoms with Crippen LogP contribution < -0.4 is 10.2 Å². The normalized spacial score (nSPS) is 12.9. The summed E-state index contributed by atoms with van der Waals surface area (Å²) in [6.07, 6.45) is 0. The molecule has 0 bridgehead atoms. The van der Waals surface area contributed by atoms with Crippen LogP contribution in [0.15, 0.2) is 24.3 Å². The van der Waals surface area contributed by atoms with E-state index in [9.17, 15) is 14.4 Å². The molecule has 29 heavy (non-hydrogen) atoms. The summed E-state index contributed by atoms with van der Waals surface area (Å²) in [5.74, 6) is -0.831. The molecular weight excluding hydrogens is 394 g/mol. The summed E-state index contributed by atoms with van der Waals surface area (Å²) in [6.45, 7) is 7.32. The van der Waals surface area contributed by atoms with E-state index in [1.54, 1.807) is 59.0 Å². The summed E-state index contributed by atoms with van der Waals surface area (Å²) in [4.78, 5) is 41.2. The first-order valence-electron chi connectivity index (χ1n) is 9.43. The average Bonchev–Trinajstić information content (AvgIpc) is 2.96. The van der Waals surface area contributed by atoms with Gasteiger partial charge in [-0.2, -0.15) is 0 Å². The predicted octanol–water partition coefficient (Wildman–Crippen LogP) is 2.19. The average molecular weight is 421 g/mol. The number of ketones is 1. The number of halogens is 1. The summed E-state index contributed by atoms with van der Waals surface area (Å²) in [6, 6.07) is 6.32. The monoisotopic (exact) mass is 420 g/mol. The number of quaternary nitrogens is 1. The zero-order chi connectivity index (χ0) is 21.7. The first kappa shape index (κ1) is 22.6. The van der Waals surface area contributed by atoms with Crippen molar-refractivity contribution in [3.8, 4) is 0 Å². The van der Waals surface area contributed by atoms with E-state index in [0.717, 1.165) is 4.90 Å². The molecule has 0 fully saturated rings. The molecule has 1 aromatic carbocycles. The van der Waals surface area contributed by atoms with Crippen LogP contribution in [0.1, 0.15) is 46.0 Å². The van der Waals surface area contributed by atoms with Crippen molar-refractivity contribution in [1.82, 2.24) is 4.98 Å². The van der Waals surface area contributed by atoms with Crippen LogP contribution in [-0.2, 0) is 9.53 Å². The van der Waals surface area contributed by atoms with Gasteiger partial charge < -0.3 is 19.9 Å². The zero-order valence-corrected chi connectivity index (χ0v) is 18.1. The number of benzene rings is 1. The lowest BCUT2D eigenvalue weighted by atomic mass is 10.0. The Labute approximate surface area is 175 Å². The maximum atomic E-state index is 13.0. The van der Waals surface area contributed by atoms with Gasteiger partial charge in [-0.1, -0.05) is 11.6 Å². The molecule has 156 valence electrons. The minimum absolute atomic E-state index is 0.110. The smallest absolute Gasteiger partial charge is 0.340 e. The van der Waals surface area contributed by atoms with E-state index in [1.807, 2.05) is 0 Å². The Balaban J connectivity index is 2.07. The highest BCUT2D eigenvalue weighted by Crippen LogP contribution is 2.20. The molecule has 1 amide bonds. The van der Waals surface area contributed by atoms with Gasteiger partial charge in [0.1, 0.15) is 0 Å². The zero-order valence-electron chi connectivity index (χ0n) is 17.3. The van der Waals surface area contributed by atoms with Crippen LogP contribution >= 0.6 is 11.6 Å². The predicted molar refractivity (Wildman–Crippen MR) is 112 cm³/mol. The summed E-state index contributed by atoms with van der Waals surface area (Å²) in [5, 5.41) is 3.38. The van der Waals surface area contributed by atoms with Crippen molar-refractivity contribution >= 4 is 34.9 Å². The standard InChI is InChI=1S/C21H26ClN3O4/c1-6-29-21(28)18-12(2)19(23-13(18)3)20(27)14(4)25(5)11-17(26)24-16-9-7-15(22)8-10-16/h7-10,14,23H,6,11H2,1-5H3,(H,24,26)/p+1/t14-/m0/s1. The quantitative estimate of drug-likeness (QED) is 0.451. The van der Waals surface area contributed by atoms with Crippen molar-refractivity contribution in [1.29, 1.82) is 0 Å². The van der Waals surface area contributed by atoms with Gasteiger partial charge in [0.05, 0.1) is 24.9 Å². The molecule has 0 radical (unpaired) electrons. The molecule has 2 atom stereocenters. The van der Waals surface area contributed by atoms with Crippen LogP contribution in [-0.4, -0.2) is 48.9 Å². The van der Waals surface area contributed by atoms with Gasteiger partial charge in [-0.3, -0.25) is 9.59 Å². The fraction of sp³-hybridized carbons (Fsp3) is 0.381. The van der Waals surface area contributed by atoms with Gasteiger partial charge in [0.2, 0.25) is 5.78 Å². The van der Waals surface area contributed by atoms with Crippen LogP contribution in [0.5, 0.6) is 0 Å². The SMILES string of the molecule is CCOC(=O)c1c(C)[nH]c(C(=O)[C@H](C)[NH+](C)CC(=O)Nc2ccc(Cl)cc2)c1C. The number of carbonyl (C=O) groups excluding carboxylic acids is 3. The van der Waals surface area contributed by atoms with Crippen LogP contribution in [0.25, 0.3) is 0 Å². The van der Waals surface area contributed by atoms with Crippen LogP contribution in [0.3, 0.4) is 0 Å². The van der Waals surface area contributed by atoms with Crippen molar-refractivity contribution in [3.63, 3.8) is 0 Å². The minimum Gasteiger partial charge on any atom is -0.462 e. The first-order valence-corrected chi connectivity index (χ1v) is 9.81. The summed E-state index contributed by atoms with van der Waals surface area (Å²) in [5.41, 5.74) is 2.56. The van der Waals surface area contributed by atoms with E-state index in [2.05, 4.69) is 10.3 Å². The minimum atomic E-state index is -0.488. The lowest BCUT2D eigenvalue weighted by Crippen LogP contribution is -3.14. The van der Waals surface area contributed by atoms with Gasteiger partial charge in [-0.25, -0.2) is 4.79 Å². The lowest BCUT2D eigenvalue weighted by Gasteiger charge is -2.20. The Bertz CT molecular complexity index is 905. The second kappa shape index (κ2) is 9.71. The highest BCUT2D eigenvalue weighted by atomic mass is 35.5. The van der Waals surface area contributed by atoms with Crippen molar-refractivity contribution < 1.29 is 24.0 Å². The maximum absolute atomic E-state index is 13.0. The first-order chi connectivity index (χ1) is 13.6. The number of amides is 1. The number of aryl methyl sites for hydroxylation is 1. The number of likely N-dealkylation sites (N-methyl/N-ethyl adjacent to an activating group) is 1. The molecule has 2 aromatic rings. The molecule has 1 heterocycles. The molecule has 0 spiro atoms. The highest BCUT2D eigenvalue weighted by molar-refractivity contribution is 6.30. The lowest BCUT2D eigenvalue weighted by molar-refractivity contribution is -0.885. The number of nitrogens with one attached hydrogen (secondary N) is 3. The number of hydrogen-bond donors (Lipinski definition) is 3. The largest absolute Gasteiger partial charge is 0.462 e. The topological polar surface area (TPSA) is 92.7 Å². The van der Waals surface area contributed by atoms with E-state index in [-0.39, 0.29) is 24.8 Å². The highest BCUT2D eigenvalue weighted by Gasteiger charge is 2.30. The van der Waals surface area contributed by atoms with E-state index in [0.29, 0.717) is 33.2 Å². The van der Waals surface area contributed by atoms with Gasteiger partial charge in [0.15, 0.2) is 12.6 Å². The number of ether oxygens (including phenoxy) is 1. The number of anilines is 1. The van der Waals surface area contributed by atoms with E-state index in [4.69, 9.17) is 16.3 Å². The maximum Gasteiger partial charge on any atom is 0.340 e. The fourth-order valence-electron chi connectivity index (χ4n) is 3.09. The number of aromatic amines is 1. The molecule has 0 aliphatic carbocycles. The molecule has 2 rings (SSSR count). The molecule has 0 saturated carbocycles. The van der Waals surface area contributed by atoms with Crippen LogP contribution in [0, 0.1) is 13.8 Å². The van der Waals surface area contributed by atoms with Crippen molar-refractivity contribution in [2.75, 3.05) is 25.5 Å². The number of Topliss-reactive ketones (excluding diaryl/α,β-unsaturated/α-hetero) is 1. The van der Waals surface area contributed by atoms with E-state index < -0.39 is 12.0 Å². The van der Waals surface area contributed by atoms with Gasteiger partial charge in [0, 0.05) is 16.4 Å². The molecule has 0 aliphatic heterocycles. The number of esters is 1. The van der Waals surface area contributed by atoms with E-state index >= 15 is 0 Å². The molecule has 8 heteroatoms. The number of carbonyl (C=O) groups is 3. The molecule has 3 N–H and O–H groups in total. The Morgan fingerprint density at radius 2 is 1.83 bits per heavy atom. The molecular formula is C21H27ClN3O4+. The number of hydrogen-bond acceptors (Lipinski definition) is 4. The molecule has 0 saturated heterocycles. The Hall–Kier alpha value is -2.64. The molecule has 7 nitrogen and oxygen atoms in total. The van der Waals surface area contributed by atoms with E-state index in [1.165, 1.54) is 0 Å². The number of rotatable bonds is 8. The van der Waals surface area contributed by atoms with Gasteiger partial charge in [-0.15, -0.1) is 0 Å². The number of H-pyrrole nitrogens is 1. The van der Waals surface area contributed by atoms with Crippen LogP contribution in [0.2, 0.25) is 5.02 Å². The molecule has 0 aliphatic rings. The van der Waals surface area contributed by atoms with Crippen molar-refractivity contribution in [2.45, 2.75) is 33.7 Å². The Morgan fingerprint density at radius 3 is 2.41 bits per heavy atom. The molecule has 1 aromatic heterocycles. The fourth-order valence-corrected chi connectivity index (χ4v) is 3.22. The summed E-state index contributed by atoms with van der Waals surface area (Å²) in [7, 11) is 1.78.